The summed E-state index contributed by atoms with van der Waals surface area (Å²) in [5, 5.41) is 26.3. The van der Waals surface area contributed by atoms with Crippen molar-refractivity contribution >= 4 is 21.9 Å². The van der Waals surface area contributed by atoms with Crippen molar-refractivity contribution in [3.63, 3.8) is 0 Å². The first-order valence-corrected chi connectivity index (χ1v) is 4.03. The Balaban J connectivity index is 4.00. The highest BCUT2D eigenvalue weighted by atomic mass is 79.9. The van der Waals surface area contributed by atoms with Gasteiger partial charge in [-0.15, -0.1) is 0 Å². The van der Waals surface area contributed by atoms with Gasteiger partial charge in [0.05, 0.1) is 6.10 Å². The third-order valence-electron chi connectivity index (χ3n) is 1.21. The number of hydrogen-bond acceptors (Lipinski definition) is 4. The molecule has 0 radical (unpaired) electrons. The van der Waals surface area contributed by atoms with Gasteiger partial charge in [0.15, 0.2) is 0 Å². The van der Waals surface area contributed by atoms with Gasteiger partial charge in [-0.1, -0.05) is 15.9 Å². The zero-order valence-corrected chi connectivity index (χ0v) is 7.23. The molecular weight excluding hydrogens is 218 g/mol. The van der Waals surface area contributed by atoms with Gasteiger partial charge in [-0.2, -0.15) is 0 Å². The van der Waals surface area contributed by atoms with Crippen LogP contribution in [-0.2, 0) is 4.79 Å². The van der Waals surface area contributed by atoms with Gasteiger partial charge in [0.2, 0.25) is 0 Å². The molecule has 0 fully saturated rings. The highest BCUT2D eigenvalue weighted by molar-refractivity contribution is 9.09. The maximum atomic E-state index is 10.1. The molecule has 0 spiro atoms. The summed E-state index contributed by atoms with van der Waals surface area (Å²) in [7, 11) is 0. The molecule has 0 saturated heterocycles. The third kappa shape index (κ3) is 3.15. The van der Waals surface area contributed by atoms with E-state index in [0.717, 1.165) is 0 Å². The molecule has 6 heteroatoms. The van der Waals surface area contributed by atoms with Crippen molar-refractivity contribution < 1.29 is 20.1 Å². The lowest BCUT2D eigenvalue weighted by molar-refractivity contribution is -0.143. The molecule has 0 aromatic heterocycles. The van der Waals surface area contributed by atoms with Crippen LogP contribution in [0.25, 0.3) is 0 Å². The predicted molar refractivity (Wildman–Crippen MR) is 41.4 cm³/mol. The lowest BCUT2D eigenvalue weighted by Gasteiger charge is -2.18. The molecule has 5 N–H and O–H groups in total. The first-order valence-electron chi connectivity index (χ1n) is 2.91. The second kappa shape index (κ2) is 4.66. The van der Waals surface area contributed by atoms with Gasteiger partial charge in [0.25, 0.3) is 0 Å². The Morgan fingerprint density at radius 1 is 1.55 bits per heavy atom. The number of aliphatic hydroxyl groups is 2. The molecule has 0 aromatic rings. The van der Waals surface area contributed by atoms with E-state index in [2.05, 4.69) is 15.9 Å². The Morgan fingerprint density at radius 2 is 2.00 bits per heavy atom. The molecule has 3 atom stereocenters. The average Bonchev–Trinajstić information content (AvgIpc) is 2.00. The lowest BCUT2D eigenvalue weighted by Crippen LogP contribution is -2.48. The molecule has 0 amide bonds. The molecule has 0 heterocycles. The maximum absolute atomic E-state index is 10.1. The van der Waals surface area contributed by atoms with Gasteiger partial charge in [0, 0.05) is 5.33 Å². The molecule has 0 bridgehead atoms. The van der Waals surface area contributed by atoms with Gasteiger partial charge < -0.3 is 21.1 Å². The van der Waals surface area contributed by atoms with E-state index >= 15 is 0 Å². The van der Waals surface area contributed by atoms with E-state index in [9.17, 15) is 4.79 Å². The Bertz CT molecular complexity index is 142. The Kier molecular flexibility index (Phi) is 4.58. The minimum absolute atomic E-state index is 0.0924. The number of carbonyl (C=O) groups is 1. The van der Waals surface area contributed by atoms with E-state index in [1.807, 2.05) is 0 Å². The molecule has 5 nitrogen and oxygen atoms in total. The molecule has 66 valence electrons. The van der Waals surface area contributed by atoms with Crippen molar-refractivity contribution in [2.75, 3.05) is 5.33 Å². The summed E-state index contributed by atoms with van der Waals surface area (Å²) < 4.78 is 0. The monoisotopic (exact) mass is 227 g/mol. The largest absolute Gasteiger partial charge is 0.480 e. The van der Waals surface area contributed by atoms with Crippen LogP contribution in [0.1, 0.15) is 0 Å². The standard InChI is InChI=1S/C5H10BrNO4/c6-1-2(8)4(9)3(7)5(10)11/h2-4,8-9H,1,7H2,(H,10,11)/t2-,3+,4+/m1/s1. The quantitative estimate of drug-likeness (QED) is 0.439. The summed E-state index contributed by atoms with van der Waals surface area (Å²) in [6.07, 6.45) is -2.59. The number of nitrogens with two attached hydrogens (primary N) is 1. The third-order valence-corrected chi connectivity index (χ3v) is 1.87. The molecule has 0 rings (SSSR count). The van der Waals surface area contributed by atoms with Crippen molar-refractivity contribution in [2.24, 2.45) is 5.73 Å². The van der Waals surface area contributed by atoms with Crippen LogP contribution in [0.4, 0.5) is 0 Å². The number of alkyl halides is 1. The number of rotatable bonds is 4. The van der Waals surface area contributed by atoms with E-state index in [1.165, 1.54) is 0 Å². The van der Waals surface area contributed by atoms with E-state index < -0.39 is 24.2 Å². The Hall–Kier alpha value is -0.170. The summed E-state index contributed by atoms with van der Waals surface area (Å²) in [4.78, 5) is 10.1. The van der Waals surface area contributed by atoms with Gasteiger partial charge >= 0.3 is 5.97 Å². The van der Waals surface area contributed by atoms with Crippen molar-refractivity contribution in [2.45, 2.75) is 18.2 Å². The number of aliphatic carboxylic acids is 1. The SMILES string of the molecule is N[C@H](C(=O)O)[C@@H](O)[C@H](O)CBr. The average molecular weight is 228 g/mol. The first kappa shape index (κ1) is 10.8. The highest BCUT2D eigenvalue weighted by Crippen LogP contribution is 2.01. The van der Waals surface area contributed by atoms with Crippen LogP contribution in [0.3, 0.4) is 0 Å². The lowest BCUT2D eigenvalue weighted by atomic mass is 10.1. The normalized spacial score (nSPS) is 18.9. The van der Waals surface area contributed by atoms with Crippen LogP contribution in [0.2, 0.25) is 0 Å². The molecule has 0 unspecified atom stereocenters. The van der Waals surface area contributed by atoms with Crippen LogP contribution in [0.5, 0.6) is 0 Å². The zero-order valence-electron chi connectivity index (χ0n) is 5.64. The van der Waals surface area contributed by atoms with Crippen molar-refractivity contribution in [3.05, 3.63) is 0 Å². The maximum Gasteiger partial charge on any atom is 0.323 e. The molecule has 0 saturated carbocycles. The van der Waals surface area contributed by atoms with Gasteiger partial charge in [0.1, 0.15) is 12.1 Å². The summed E-state index contributed by atoms with van der Waals surface area (Å²) >= 11 is 2.87. The molecule has 11 heavy (non-hydrogen) atoms. The summed E-state index contributed by atoms with van der Waals surface area (Å²) in [5.41, 5.74) is 5.01. The second-order valence-corrected chi connectivity index (χ2v) is 2.72. The van der Waals surface area contributed by atoms with Crippen LogP contribution in [0.15, 0.2) is 0 Å². The zero-order chi connectivity index (χ0) is 9.02. The van der Waals surface area contributed by atoms with Crippen molar-refractivity contribution in [1.82, 2.24) is 0 Å². The first-order chi connectivity index (χ1) is 5.00. The minimum atomic E-state index is -1.44. The number of aliphatic hydroxyl groups excluding tert-OH is 2. The number of hydrogen-bond donors (Lipinski definition) is 4. The fourth-order valence-electron chi connectivity index (χ4n) is 0.477. The van der Waals surface area contributed by atoms with Crippen LogP contribution in [-0.4, -0.2) is 44.9 Å². The summed E-state index contributed by atoms with van der Waals surface area (Å²) in [6, 6.07) is -1.44. The van der Waals surface area contributed by atoms with E-state index in [0.29, 0.717) is 0 Å². The summed E-state index contributed by atoms with van der Waals surface area (Å²) in [5.74, 6) is -1.34. The fourth-order valence-corrected chi connectivity index (χ4v) is 0.860. The van der Waals surface area contributed by atoms with Gasteiger partial charge in [-0.3, -0.25) is 4.79 Å². The Morgan fingerprint density at radius 3 is 2.27 bits per heavy atom. The van der Waals surface area contributed by atoms with Crippen LogP contribution < -0.4 is 5.73 Å². The van der Waals surface area contributed by atoms with E-state index in [4.69, 9.17) is 21.1 Å². The predicted octanol–water partition coefficient (Wildman–Crippen LogP) is -1.48. The number of carboxylic acids is 1. The second-order valence-electron chi connectivity index (χ2n) is 2.08. The highest BCUT2D eigenvalue weighted by Gasteiger charge is 2.27. The van der Waals surface area contributed by atoms with Gasteiger partial charge in [-0.05, 0) is 0 Å². The molecule has 0 aromatic carbocycles. The van der Waals surface area contributed by atoms with E-state index in [-0.39, 0.29) is 5.33 Å². The fraction of sp³-hybridized carbons (Fsp3) is 0.800. The van der Waals surface area contributed by atoms with E-state index in [1.54, 1.807) is 0 Å². The van der Waals surface area contributed by atoms with Crippen molar-refractivity contribution in [3.8, 4) is 0 Å². The smallest absolute Gasteiger partial charge is 0.323 e. The van der Waals surface area contributed by atoms with Crippen LogP contribution in [0, 0.1) is 0 Å². The topological polar surface area (TPSA) is 104 Å². The Labute approximate surface area is 72.0 Å². The number of carboxylic acid groups (broad SMARTS) is 1. The molecular formula is C5H10BrNO4. The van der Waals surface area contributed by atoms with Crippen molar-refractivity contribution in [1.29, 1.82) is 0 Å². The molecule has 0 aliphatic rings. The molecule has 0 aliphatic heterocycles. The van der Waals surface area contributed by atoms with Gasteiger partial charge in [-0.25, -0.2) is 0 Å². The minimum Gasteiger partial charge on any atom is -0.480 e. The molecule has 0 aliphatic carbocycles. The van der Waals surface area contributed by atoms with Crippen LogP contribution >= 0.6 is 15.9 Å². The number of halogens is 1. The summed E-state index contributed by atoms with van der Waals surface area (Å²) in [6.45, 7) is 0.